The Morgan fingerprint density at radius 3 is 1.02 bits per heavy atom. The summed E-state index contributed by atoms with van der Waals surface area (Å²) in [5.74, 6) is -0.0749. The Labute approximate surface area is 403 Å². The molecule has 4 nitrogen and oxygen atoms in total. The van der Waals surface area contributed by atoms with Crippen molar-refractivity contribution in [2.24, 2.45) is 0 Å². The molecule has 2 atom stereocenters. The Balaban J connectivity index is 3.62. The molecule has 0 heterocycles. The summed E-state index contributed by atoms with van der Waals surface area (Å²) in [6, 6.07) is -0.633. The van der Waals surface area contributed by atoms with Crippen LogP contribution in [-0.4, -0.2) is 34.9 Å². The molecule has 1 amide bonds. The molecule has 0 radical (unpaired) electrons. The van der Waals surface area contributed by atoms with Crippen molar-refractivity contribution in [3.8, 4) is 0 Å². The van der Waals surface area contributed by atoms with Crippen molar-refractivity contribution in [3.63, 3.8) is 0 Å². The van der Waals surface area contributed by atoms with Crippen LogP contribution in [0.3, 0.4) is 0 Å². The average Bonchev–Trinajstić information content (AvgIpc) is 3.31. The van der Waals surface area contributed by atoms with Gasteiger partial charge in [0.25, 0.3) is 0 Å². The van der Waals surface area contributed by atoms with Gasteiger partial charge in [-0.05, 0) is 89.9 Å². The monoisotopic (exact) mass is 898 g/mol. The van der Waals surface area contributed by atoms with Crippen LogP contribution in [0.25, 0.3) is 0 Å². The lowest BCUT2D eigenvalue weighted by atomic mass is 10.0. The number of hydrogen-bond donors (Lipinski definition) is 3. The Morgan fingerprint density at radius 2 is 0.677 bits per heavy atom. The fourth-order valence-electron chi connectivity index (χ4n) is 7.58. The molecule has 65 heavy (non-hydrogen) atoms. The highest BCUT2D eigenvalue weighted by Gasteiger charge is 2.18. The van der Waals surface area contributed by atoms with E-state index in [9.17, 15) is 15.0 Å². The second-order valence-electron chi connectivity index (χ2n) is 17.9. The van der Waals surface area contributed by atoms with Crippen LogP contribution >= 0.6 is 0 Å². The number of amides is 1. The number of rotatable bonds is 48. The van der Waals surface area contributed by atoms with Gasteiger partial charge in [-0.25, -0.2) is 0 Å². The highest BCUT2D eigenvalue weighted by molar-refractivity contribution is 5.76. The van der Waals surface area contributed by atoms with E-state index in [1.165, 1.54) is 128 Å². The van der Waals surface area contributed by atoms with E-state index < -0.39 is 12.1 Å². The van der Waals surface area contributed by atoms with E-state index in [0.717, 1.165) is 89.9 Å². The maximum atomic E-state index is 12.5. The second kappa shape index (κ2) is 55.1. The van der Waals surface area contributed by atoms with Gasteiger partial charge in [0, 0.05) is 6.42 Å². The Bertz CT molecular complexity index is 1290. The van der Waals surface area contributed by atoms with Crippen LogP contribution in [0.15, 0.2) is 122 Å². The molecule has 0 rings (SSSR count). The third-order valence-electron chi connectivity index (χ3n) is 11.7. The summed E-state index contributed by atoms with van der Waals surface area (Å²) >= 11 is 0. The summed E-state index contributed by atoms with van der Waals surface area (Å²) in [4.78, 5) is 12.5. The zero-order valence-electron chi connectivity index (χ0n) is 42.5. The molecule has 0 aromatic carbocycles. The van der Waals surface area contributed by atoms with Crippen molar-refractivity contribution in [1.29, 1.82) is 0 Å². The normalized spacial score (nSPS) is 13.8. The van der Waals surface area contributed by atoms with Crippen molar-refractivity contribution in [1.82, 2.24) is 5.32 Å². The molecule has 0 aliphatic rings. The van der Waals surface area contributed by atoms with Gasteiger partial charge in [0.2, 0.25) is 5.91 Å². The Morgan fingerprint density at radius 1 is 0.385 bits per heavy atom. The number of aliphatic hydroxyl groups excluding tert-OH is 2. The average molecular weight is 898 g/mol. The van der Waals surface area contributed by atoms with Gasteiger partial charge < -0.3 is 15.5 Å². The number of carbonyl (C=O) groups excluding carboxylic acids is 1. The highest BCUT2D eigenvalue weighted by Crippen LogP contribution is 2.15. The molecule has 0 saturated carbocycles. The maximum absolute atomic E-state index is 12.5. The van der Waals surface area contributed by atoms with Gasteiger partial charge in [-0.1, -0.05) is 264 Å². The van der Waals surface area contributed by atoms with Gasteiger partial charge in [0.05, 0.1) is 18.8 Å². The van der Waals surface area contributed by atoms with E-state index in [4.69, 9.17) is 0 Å². The van der Waals surface area contributed by atoms with Gasteiger partial charge in [-0.15, -0.1) is 0 Å². The topological polar surface area (TPSA) is 69.6 Å². The number of carbonyl (C=O) groups is 1. The third kappa shape index (κ3) is 51.6. The second-order valence-corrected chi connectivity index (χ2v) is 17.9. The van der Waals surface area contributed by atoms with Crippen molar-refractivity contribution >= 4 is 5.91 Å². The number of unbranched alkanes of at least 4 members (excludes halogenated alkanes) is 23. The van der Waals surface area contributed by atoms with Crippen molar-refractivity contribution in [3.05, 3.63) is 122 Å². The molecular weight excluding hydrogens is 795 g/mol. The SMILES string of the molecule is CC/C=C\C/C=C\C/C=C\C/C=C\C/C=C\C/C=C\C/C=C\C/C=C\C/C=C\CCCCCCCCCCCC(=O)NC(CO)C(O)/C=C/CCCCCCCCCCCCCCCC. The molecule has 0 spiro atoms. The van der Waals surface area contributed by atoms with Crippen LogP contribution in [-0.2, 0) is 4.79 Å². The minimum absolute atomic E-state index is 0.0749. The van der Waals surface area contributed by atoms with Gasteiger partial charge in [-0.2, -0.15) is 0 Å². The zero-order valence-corrected chi connectivity index (χ0v) is 42.5. The number of hydrogen-bond acceptors (Lipinski definition) is 3. The Kier molecular flexibility index (Phi) is 52.4. The quantitative estimate of drug-likeness (QED) is 0.0421. The number of aliphatic hydroxyl groups is 2. The standard InChI is InChI=1S/C61H103NO3/c1-3-5-7-9-11-13-15-17-19-21-22-23-24-25-26-27-28-29-30-31-32-33-34-35-36-37-38-39-40-41-43-45-47-49-51-53-55-57-61(65)62-59(58-63)60(64)56-54-52-50-48-46-44-42-20-18-16-14-12-10-8-6-4-2/h5,7,11,13,17,19,22-23,25-26,28-29,31-32,34-35,37-38,54,56,59-60,63-64H,3-4,6,8-10,12,14-16,18,20-21,24,27,30,33,36,39-53,55,57-58H2,1-2H3,(H,62,65)/b7-5-,13-11-,19-17-,23-22-,26-25-,29-28-,32-31-,35-34-,38-37-,56-54+. The van der Waals surface area contributed by atoms with Crippen LogP contribution in [0.2, 0.25) is 0 Å². The maximum Gasteiger partial charge on any atom is 0.220 e. The van der Waals surface area contributed by atoms with E-state index in [1.807, 2.05) is 6.08 Å². The van der Waals surface area contributed by atoms with Gasteiger partial charge in [0.1, 0.15) is 0 Å². The van der Waals surface area contributed by atoms with Gasteiger partial charge in [0.15, 0.2) is 0 Å². The first-order chi connectivity index (χ1) is 32.2. The lowest BCUT2D eigenvalue weighted by Gasteiger charge is -2.20. The zero-order chi connectivity index (χ0) is 47.0. The molecule has 370 valence electrons. The molecule has 2 unspecified atom stereocenters. The fourth-order valence-corrected chi connectivity index (χ4v) is 7.58. The van der Waals surface area contributed by atoms with Crippen molar-refractivity contribution in [2.45, 2.75) is 251 Å². The molecule has 0 saturated heterocycles. The predicted octanol–water partition coefficient (Wildman–Crippen LogP) is 18.1. The molecule has 0 aromatic heterocycles. The van der Waals surface area contributed by atoms with E-state index in [2.05, 4.69) is 129 Å². The van der Waals surface area contributed by atoms with Crippen molar-refractivity contribution in [2.75, 3.05) is 6.61 Å². The largest absolute Gasteiger partial charge is 0.394 e. The van der Waals surface area contributed by atoms with Crippen molar-refractivity contribution < 1.29 is 15.0 Å². The first-order valence-corrected chi connectivity index (χ1v) is 27.2. The molecule has 0 fully saturated rings. The van der Waals surface area contributed by atoms with Crippen LogP contribution in [0.1, 0.15) is 239 Å². The lowest BCUT2D eigenvalue weighted by Crippen LogP contribution is -2.45. The van der Waals surface area contributed by atoms with Crippen LogP contribution in [0, 0.1) is 0 Å². The third-order valence-corrected chi connectivity index (χ3v) is 11.7. The first kappa shape index (κ1) is 61.8. The minimum atomic E-state index is -0.849. The summed E-state index contributed by atoms with van der Waals surface area (Å²) < 4.78 is 0. The molecule has 4 heteroatoms. The molecule has 3 N–H and O–H groups in total. The minimum Gasteiger partial charge on any atom is -0.394 e. The van der Waals surface area contributed by atoms with E-state index in [0.29, 0.717) is 6.42 Å². The summed E-state index contributed by atoms with van der Waals surface area (Å²) in [5, 5.41) is 23.1. The molecule has 0 aliphatic heterocycles. The van der Waals surface area contributed by atoms with Crippen LogP contribution < -0.4 is 5.32 Å². The lowest BCUT2D eigenvalue weighted by molar-refractivity contribution is -0.123. The van der Waals surface area contributed by atoms with Crippen LogP contribution in [0.4, 0.5) is 0 Å². The van der Waals surface area contributed by atoms with E-state index >= 15 is 0 Å². The summed E-state index contributed by atoms with van der Waals surface area (Å²) in [6.07, 6.45) is 84.8. The van der Waals surface area contributed by atoms with E-state index in [-0.39, 0.29) is 12.5 Å². The van der Waals surface area contributed by atoms with Crippen LogP contribution in [0.5, 0.6) is 0 Å². The fraction of sp³-hybridized carbons (Fsp3) is 0.656. The highest BCUT2D eigenvalue weighted by atomic mass is 16.3. The van der Waals surface area contributed by atoms with Gasteiger partial charge in [-0.3, -0.25) is 4.79 Å². The molecular formula is C61H103NO3. The molecule has 0 bridgehead atoms. The Hall–Kier alpha value is -3.21. The summed E-state index contributed by atoms with van der Waals surface area (Å²) in [6.45, 7) is 4.19. The first-order valence-electron chi connectivity index (χ1n) is 27.2. The number of allylic oxidation sites excluding steroid dienone is 19. The molecule has 0 aliphatic carbocycles. The van der Waals surface area contributed by atoms with Gasteiger partial charge >= 0.3 is 0 Å². The predicted molar refractivity (Wildman–Crippen MR) is 289 cm³/mol. The van der Waals surface area contributed by atoms with E-state index in [1.54, 1.807) is 6.08 Å². The molecule has 0 aromatic rings. The summed E-state index contributed by atoms with van der Waals surface area (Å²) in [7, 11) is 0. The summed E-state index contributed by atoms with van der Waals surface area (Å²) in [5.41, 5.74) is 0. The smallest absolute Gasteiger partial charge is 0.220 e. The number of nitrogens with one attached hydrogen (secondary N) is 1.